The number of allylic oxidation sites excluding steroid dienone is 1. The summed E-state index contributed by atoms with van der Waals surface area (Å²) in [7, 11) is 0. The molecular weight excluding hydrogens is 313 g/mol. The van der Waals surface area contributed by atoms with Crippen LogP contribution in [0.2, 0.25) is 0 Å². The first-order valence-corrected chi connectivity index (χ1v) is 7.51. The van der Waals surface area contributed by atoms with Crippen molar-refractivity contribution in [1.82, 2.24) is 0 Å². The van der Waals surface area contributed by atoms with Crippen LogP contribution in [0.4, 0.5) is 13.2 Å². The van der Waals surface area contributed by atoms with E-state index in [0.29, 0.717) is 11.5 Å². The van der Waals surface area contributed by atoms with E-state index >= 15 is 0 Å². The molecule has 4 nitrogen and oxygen atoms in total. The van der Waals surface area contributed by atoms with E-state index in [4.69, 9.17) is 4.74 Å². The van der Waals surface area contributed by atoms with Crippen molar-refractivity contribution in [3.05, 3.63) is 12.2 Å². The van der Waals surface area contributed by atoms with Gasteiger partial charge in [-0.2, -0.15) is 13.2 Å². The molecule has 0 spiro atoms. The molecular formula is C16H27F3O4. The van der Waals surface area contributed by atoms with Crippen molar-refractivity contribution in [1.29, 1.82) is 0 Å². The Morgan fingerprint density at radius 3 is 2.00 bits per heavy atom. The van der Waals surface area contributed by atoms with Gasteiger partial charge in [0.2, 0.25) is 0 Å². The maximum absolute atomic E-state index is 11.3. The molecule has 0 aromatic rings. The minimum Gasteiger partial charge on any atom is -0.456 e. The maximum atomic E-state index is 11.3. The van der Waals surface area contributed by atoms with E-state index in [1.807, 2.05) is 6.92 Å². The maximum Gasteiger partial charge on any atom is 0.490 e. The van der Waals surface area contributed by atoms with Crippen molar-refractivity contribution in [3.63, 3.8) is 0 Å². The lowest BCUT2D eigenvalue weighted by atomic mass is 9.95. The fourth-order valence-electron chi connectivity index (χ4n) is 1.77. The van der Waals surface area contributed by atoms with Crippen LogP contribution < -0.4 is 0 Å². The average molecular weight is 340 g/mol. The summed E-state index contributed by atoms with van der Waals surface area (Å²) in [5.41, 5.74) is 0.658. The summed E-state index contributed by atoms with van der Waals surface area (Å²) in [5.74, 6) is -1.76. The molecule has 0 N–H and O–H groups in total. The zero-order valence-electron chi connectivity index (χ0n) is 14.4. The molecule has 2 atom stereocenters. The van der Waals surface area contributed by atoms with Gasteiger partial charge in [-0.25, -0.2) is 4.79 Å². The molecule has 0 aliphatic rings. The molecule has 0 rings (SSSR count). The molecule has 136 valence electrons. The SMILES string of the molecule is C=C(C=O)CC(C)C(CC)OCC.CC(C)OC(=O)C(F)(F)F. The predicted molar refractivity (Wildman–Crippen MR) is 82.0 cm³/mol. The predicted octanol–water partition coefficient (Wildman–Crippen LogP) is 4.08. The lowest BCUT2D eigenvalue weighted by Crippen LogP contribution is -2.27. The molecule has 0 bridgehead atoms. The molecule has 0 radical (unpaired) electrons. The van der Waals surface area contributed by atoms with Crippen molar-refractivity contribution in [2.75, 3.05) is 6.61 Å². The second-order valence-corrected chi connectivity index (χ2v) is 5.31. The third-order valence-corrected chi connectivity index (χ3v) is 2.74. The Hall–Kier alpha value is -1.37. The summed E-state index contributed by atoms with van der Waals surface area (Å²) >= 11 is 0. The third kappa shape index (κ3) is 12.8. The van der Waals surface area contributed by atoms with Gasteiger partial charge in [0.25, 0.3) is 0 Å². The molecule has 7 heteroatoms. The number of esters is 1. The first-order valence-electron chi connectivity index (χ1n) is 7.51. The largest absolute Gasteiger partial charge is 0.490 e. The van der Waals surface area contributed by atoms with Gasteiger partial charge >= 0.3 is 12.1 Å². The highest BCUT2D eigenvalue weighted by atomic mass is 19.4. The summed E-state index contributed by atoms with van der Waals surface area (Å²) in [6.07, 6.45) is -2.79. The number of hydrogen-bond acceptors (Lipinski definition) is 4. The second kappa shape index (κ2) is 12.1. The molecule has 0 saturated heterocycles. The topological polar surface area (TPSA) is 52.6 Å². The van der Waals surface area contributed by atoms with Gasteiger partial charge in [-0.3, -0.25) is 4.79 Å². The standard InChI is InChI=1S/C11H20O2.C5H7F3O2/c1-5-11(13-6-2)10(4)7-9(3)8-12;1-3(2)10-4(9)5(6,7)8/h8,10-11H,3,5-7H2,1-2,4H3;3H,1-2H3. The van der Waals surface area contributed by atoms with Crippen LogP contribution in [-0.4, -0.2) is 37.2 Å². The van der Waals surface area contributed by atoms with Gasteiger partial charge < -0.3 is 9.47 Å². The molecule has 0 aliphatic heterocycles. The van der Waals surface area contributed by atoms with E-state index in [9.17, 15) is 22.8 Å². The van der Waals surface area contributed by atoms with Gasteiger partial charge in [-0.1, -0.05) is 20.4 Å². The minimum atomic E-state index is -4.87. The molecule has 2 unspecified atom stereocenters. The monoisotopic (exact) mass is 340 g/mol. The highest BCUT2D eigenvalue weighted by Gasteiger charge is 2.41. The Morgan fingerprint density at radius 1 is 1.22 bits per heavy atom. The fourth-order valence-corrected chi connectivity index (χ4v) is 1.77. The summed E-state index contributed by atoms with van der Waals surface area (Å²) < 4.78 is 43.4. The molecule has 0 aromatic carbocycles. The molecule has 0 heterocycles. The van der Waals surface area contributed by atoms with Crippen molar-refractivity contribution >= 4 is 12.3 Å². The minimum absolute atomic E-state index is 0.252. The summed E-state index contributed by atoms with van der Waals surface area (Å²) in [4.78, 5) is 20.3. The Bertz CT molecular complexity index is 365. The average Bonchev–Trinajstić information content (AvgIpc) is 2.43. The normalized spacial score (nSPS) is 13.6. The van der Waals surface area contributed by atoms with Crippen LogP contribution in [0, 0.1) is 5.92 Å². The highest BCUT2D eigenvalue weighted by molar-refractivity contribution is 5.75. The van der Waals surface area contributed by atoms with Crippen molar-refractivity contribution in [3.8, 4) is 0 Å². The van der Waals surface area contributed by atoms with Crippen LogP contribution in [0.25, 0.3) is 0 Å². The Balaban J connectivity index is 0. The number of carbonyl (C=O) groups is 2. The van der Waals surface area contributed by atoms with Gasteiger partial charge in [0.05, 0.1) is 12.2 Å². The Labute approximate surface area is 136 Å². The summed E-state index contributed by atoms with van der Waals surface area (Å²) in [5, 5.41) is 0. The van der Waals surface area contributed by atoms with Crippen LogP contribution in [0.5, 0.6) is 0 Å². The zero-order chi connectivity index (χ0) is 18.6. The highest BCUT2D eigenvalue weighted by Crippen LogP contribution is 2.18. The molecule has 0 fully saturated rings. The van der Waals surface area contributed by atoms with E-state index < -0.39 is 18.2 Å². The van der Waals surface area contributed by atoms with Gasteiger partial charge in [-0.05, 0) is 45.1 Å². The summed E-state index contributed by atoms with van der Waals surface area (Å²) in [6, 6.07) is 0. The van der Waals surface area contributed by atoms with E-state index in [0.717, 1.165) is 25.7 Å². The van der Waals surface area contributed by atoms with Crippen LogP contribution in [-0.2, 0) is 19.1 Å². The molecule has 23 heavy (non-hydrogen) atoms. The first-order chi connectivity index (χ1) is 10.5. The number of hydrogen-bond donors (Lipinski definition) is 0. The van der Waals surface area contributed by atoms with Crippen molar-refractivity contribution < 1.29 is 32.2 Å². The zero-order valence-corrected chi connectivity index (χ0v) is 14.4. The van der Waals surface area contributed by atoms with E-state index in [1.54, 1.807) is 0 Å². The van der Waals surface area contributed by atoms with Crippen LogP contribution in [0.15, 0.2) is 12.2 Å². The fraction of sp³-hybridized carbons (Fsp3) is 0.750. The number of halogens is 3. The van der Waals surface area contributed by atoms with E-state index in [2.05, 4.69) is 25.2 Å². The Kier molecular flexibility index (Phi) is 12.6. The Morgan fingerprint density at radius 2 is 1.74 bits per heavy atom. The summed E-state index contributed by atoms with van der Waals surface area (Å²) in [6.45, 7) is 13.3. The number of rotatable bonds is 8. The number of alkyl halides is 3. The third-order valence-electron chi connectivity index (χ3n) is 2.74. The van der Waals surface area contributed by atoms with Crippen LogP contribution in [0.1, 0.15) is 47.5 Å². The van der Waals surface area contributed by atoms with Crippen LogP contribution >= 0.6 is 0 Å². The van der Waals surface area contributed by atoms with Crippen molar-refractivity contribution in [2.45, 2.75) is 65.8 Å². The molecule has 0 amide bonds. The number of carbonyl (C=O) groups excluding carboxylic acids is 2. The van der Waals surface area contributed by atoms with Crippen LogP contribution in [0.3, 0.4) is 0 Å². The molecule has 0 aliphatic carbocycles. The van der Waals surface area contributed by atoms with Gasteiger partial charge in [-0.15, -0.1) is 0 Å². The molecule has 0 aromatic heterocycles. The lowest BCUT2D eigenvalue weighted by Gasteiger charge is -2.22. The second-order valence-electron chi connectivity index (χ2n) is 5.31. The lowest BCUT2D eigenvalue weighted by molar-refractivity contribution is -0.203. The van der Waals surface area contributed by atoms with Gasteiger partial charge in [0.15, 0.2) is 0 Å². The first kappa shape index (κ1) is 23.9. The smallest absolute Gasteiger partial charge is 0.456 e. The number of ether oxygens (including phenoxy) is 2. The van der Waals surface area contributed by atoms with Crippen molar-refractivity contribution in [2.24, 2.45) is 5.92 Å². The quantitative estimate of drug-likeness (QED) is 0.379. The van der Waals surface area contributed by atoms with E-state index in [-0.39, 0.29) is 6.10 Å². The van der Waals surface area contributed by atoms with Gasteiger partial charge in [0, 0.05) is 6.61 Å². The van der Waals surface area contributed by atoms with Gasteiger partial charge in [0.1, 0.15) is 6.29 Å². The van der Waals surface area contributed by atoms with E-state index in [1.165, 1.54) is 13.8 Å². The number of aldehydes is 1. The molecule has 0 saturated carbocycles.